The van der Waals surface area contributed by atoms with Gasteiger partial charge < -0.3 is 4.74 Å². The largest absolute Gasteiger partial charge is 0.497 e. The van der Waals surface area contributed by atoms with Gasteiger partial charge in [-0.25, -0.2) is 0 Å². The Bertz CT molecular complexity index is 335. The van der Waals surface area contributed by atoms with Crippen LogP contribution in [0.2, 0.25) is 0 Å². The second kappa shape index (κ2) is 7.16. The number of benzene rings is 1. The second-order valence-electron chi connectivity index (χ2n) is 4.82. The maximum absolute atomic E-state index is 5.14. The predicted octanol–water partition coefficient (Wildman–Crippen LogP) is 4.78. The van der Waals surface area contributed by atoms with Crippen molar-refractivity contribution in [2.45, 2.75) is 33.6 Å². The van der Waals surface area contributed by atoms with Crippen LogP contribution in [-0.4, -0.2) is 7.11 Å². The van der Waals surface area contributed by atoms with Gasteiger partial charge in [0.1, 0.15) is 5.75 Å². The number of allylic oxidation sites excluding steroid dienone is 1. The van der Waals surface area contributed by atoms with Gasteiger partial charge in [-0.05, 0) is 36.0 Å². The summed E-state index contributed by atoms with van der Waals surface area (Å²) >= 11 is 0. The molecule has 94 valence electrons. The van der Waals surface area contributed by atoms with Gasteiger partial charge in [0.05, 0.1) is 7.11 Å². The first-order valence-corrected chi connectivity index (χ1v) is 6.48. The zero-order valence-electron chi connectivity index (χ0n) is 11.4. The van der Waals surface area contributed by atoms with Crippen LogP contribution in [0.3, 0.4) is 0 Å². The van der Waals surface area contributed by atoms with E-state index in [4.69, 9.17) is 4.74 Å². The molecule has 0 radical (unpaired) electrons. The number of hydrogen-bond donors (Lipinski definition) is 0. The summed E-state index contributed by atoms with van der Waals surface area (Å²) < 4.78 is 5.14. The topological polar surface area (TPSA) is 9.23 Å². The van der Waals surface area contributed by atoms with Crippen molar-refractivity contribution in [3.8, 4) is 5.75 Å². The lowest BCUT2D eigenvalue weighted by Crippen LogP contribution is -2.05. The molecule has 0 aliphatic heterocycles. The average Bonchev–Trinajstić information content (AvgIpc) is 2.35. The molecule has 0 heterocycles. The molecular weight excluding hydrogens is 208 g/mol. The van der Waals surface area contributed by atoms with Crippen molar-refractivity contribution >= 4 is 6.08 Å². The predicted molar refractivity (Wildman–Crippen MR) is 75.3 cm³/mol. The molecule has 0 spiro atoms. The van der Waals surface area contributed by atoms with Gasteiger partial charge in [-0.15, -0.1) is 0 Å². The van der Waals surface area contributed by atoms with Crippen molar-refractivity contribution in [3.05, 3.63) is 35.9 Å². The zero-order valence-corrected chi connectivity index (χ0v) is 11.4. The van der Waals surface area contributed by atoms with Crippen molar-refractivity contribution in [1.29, 1.82) is 0 Å². The van der Waals surface area contributed by atoms with E-state index in [1.54, 1.807) is 7.11 Å². The fraction of sp³-hybridized carbons (Fsp3) is 0.500. The second-order valence-corrected chi connectivity index (χ2v) is 4.82. The highest BCUT2D eigenvalue weighted by atomic mass is 16.5. The van der Waals surface area contributed by atoms with Gasteiger partial charge in [0.2, 0.25) is 0 Å². The van der Waals surface area contributed by atoms with Crippen LogP contribution in [0.5, 0.6) is 5.75 Å². The van der Waals surface area contributed by atoms with Crippen molar-refractivity contribution < 1.29 is 4.74 Å². The monoisotopic (exact) mass is 232 g/mol. The number of ether oxygens (including phenoxy) is 1. The lowest BCUT2D eigenvalue weighted by atomic mass is 9.90. The molecule has 0 saturated carbocycles. The van der Waals surface area contributed by atoms with Gasteiger partial charge in [0.15, 0.2) is 0 Å². The molecule has 0 aliphatic rings. The molecule has 1 unspecified atom stereocenters. The summed E-state index contributed by atoms with van der Waals surface area (Å²) in [4.78, 5) is 0. The van der Waals surface area contributed by atoms with Gasteiger partial charge >= 0.3 is 0 Å². The first-order valence-electron chi connectivity index (χ1n) is 6.48. The SMILES string of the molecule is CCC(C/C=C/c1ccc(OC)cc1)C(C)C. The minimum atomic E-state index is 0.764. The van der Waals surface area contributed by atoms with Crippen LogP contribution in [0.1, 0.15) is 39.2 Å². The highest BCUT2D eigenvalue weighted by Gasteiger charge is 2.08. The van der Waals surface area contributed by atoms with Crippen LogP contribution < -0.4 is 4.74 Å². The Morgan fingerprint density at radius 1 is 1.18 bits per heavy atom. The molecular formula is C16H24O. The van der Waals surface area contributed by atoms with Crippen LogP contribution in [0.25, 0.3) is 6.08 Å². The van der Waals surface area contributed by atoms with Gasteiger partial charge in [-0.3, -0.25) is 0 Å². The van der Waals surface area contributed by atoms with Crippen LogP contribution in [0.4, 0.5) is 0 Å². The lowest BCUT2D eigenvalue weighted by molar-refractivity contribution is 0.377. The Labute approximate surface area is 106 Å². The molecule has 0 bridgehead atoms. The fourth-order valence-electron chi connectivity index (χ4n) is 2.00. The maximum Gasteiger partial charge on any atom is 0.118 e. The first kappa shape index (κ1) is 13.8. The first-order chi connectivity index (χ1) is 8.17. The summed E-state index contributed by atoms with van der Waals surface area (Å²) in [5, 5.41) is 0. The van der Waals surface area contributed by atoms with Crippen molar-refractivity contribution in [2.75, 3.05) is 7.11 Å². The lowest BCUT2D eigenvalue weighted by Gasteiger charge is -2.16. The molecule has 0 fully saturated rings. The van der Waals surface area contributed by atoms with E-state index in [-0.39, 0.29) is 0 Å². The number of methoxy groups -OCH3 is 1. The van der Waals surface area contributed by atoms with Gasteiger partial charge in [0, 0.05) is 0 Å². The summed E-state index contributed by atoms with van der Waals surface area (Å²) in [5.74, 6) is 2.47. The van der Waals surface area contributed by atoms with E-state index in [9.17, 15) is 0 Å². The molecule has 17 heavy (non-hydrogen) atoms. The van der Waals surface area contributed by atoms with Gasteiger partial charge in [-0.1, -0.05) is 51.5 Å². The van der Waals surface area contributed by atoms with E-state index < -0.39 is 0 Å². The molecule has 0 aromatic heterocycles. The normalized spacial score (nSPS) is 13.2. The van der Waals surface area contributed by atoms with Gasteiger partial charge in [-0.2, -0.15) is 0 Å². The molecule has 1 aromatic carbocycles. The summed E-state index contributed by atoms with van der Waals surface area (Å²) in [7, 11) is 1.69. The van der Waals surface area contributed by atoms with E-state index in [0.29, 0.717) is 0 Å². The van der Waals surface area contributed by atoms with Crippen molar-refractivity contribution in [2.24, 2.45) is 11.8 Å². The Morgan fingerprint density at radius 2 is 1.82 bits per heavy atom. The van der Waals surface area contributed by atoms with Crippen molar-refractivity contribution in [1.82, 2.24) is 0 Å². The summed E-state index contributed by atoms with van der Waals surface area (Å²) in [6, 6.07) is 8.18. The highest BCUT2D eigenvalue weighted by molar-refractivity contribution is 5.50. The molecule has 1 heteroatoms. The molecule has 0 amide bonds. The van der Waals surface area contributed by atoms with Crippen LogP contribution in [0.15, 0.2) is 30.3 Å². The Kier molecular flexibility index (Phi) is 5.82. The molecule has 1 rings (SSSR count). The van der Waals surface area contributed by atoms with Crippen molar-refractivity contribution in [3.63, 3.8) is 0 Å². The molecule has 1 atom stereocenters. The summed E-state index contributed by atoms with van der Waals surface area (Å²) in [5.41, 5.74) is 1.24. The Morgan fingerprint density at radius 3 is 2.29 bits per heavy atom. The smallest absolute Gasteiger partial charge is 0.118 e. The standard InChI is InChI=1S/C16H24O/c1-5-15(13(2)3)8-6-7-14-9-11-16(17-4)12-10-14/h6-7,9-13,15H,5,8H2,1-4H3/b7-6+. The third-order valence-corrected chi connectivity index (χ3v) is 3.33. The molecule has 0 saturated heterocycles. The Balaban J connectivity index is 2.52. The van der Waals surface area contributed by atoms with E-state index in [2.05, 4.69) is 45.1 Å². The minimum Gasteiger partial charge on any atom is -0.497 e. The summed E-state index contributed by atoms with van der Waals surface area (Å²) in [6.07, 6.45) is 6.91. The van der Waals surface area contributed by atoms with Crippen LogP contribution >= 0.6 is 0 Å². The molecule has 0 N–H and O–H groups in total. The third kappa shape index (κ3) is 4.64. The zero-order chi connectivity index (χ0) is 12.7. The van der Waals surface area contributed by atoms with E-state index in [1.165, 1.54) is 18.4 Å². The van der Waals surface area contributed by atoms with Crippen LogP contribution in [0, 0.1) is 11.8 Å². The molecule has 0 aliphatic carbocycles. The Hall–Kier alpha value is -1.24. The summed E-state index contributed by atoms with van der Waals surface area (Å²) in [6.45, 7) is 6.87. The van der Waals surface area contributed by atoms with E-state index in [1.807, 2.05) is 12.1 Å². The number of hydrogen-bond acceptors (Lipinski definition) is 1. The average molecular weight is 232 g/mol. The molecule has 1 aromatic rings. The maximum atomic E-state index is 5.14. The van der Waals surface area contributed by atoms with Crippen LogP contribution in [-0.2, 0) is 0 Å². The minimum absolute atomic E-state index is 0.764. The highest BCUT2D eigenvalue weighted by Crippen LogP contribution is 2.20. The third-order valence-electron chi connectivity index (χ3n) is 3.33. The fourth-order valence-corrected chi connectivity index (χ4v) is 2.00. The quantitative estimate of drug-likeness (QED) is 0.685. The van der Waals surface area contributed by atoms with Gasteiger partial charge in [0.25, 0.3) is 0 Å². The van der Waals surface area contributed by atoms with E-state index in [0.717, 1.165) is 17.6 Å². The van der Waals surface area contributed by atoms with E-state index >= 15 is 0 Å². The number of rotatable bonds is 6. The molecule has 1 nitrogen and oxygen atoms in total.